The minimum absolute atomic E-state index is 0.150. The maximum absolute atomic E-state index is 12.7. The van der Waals surface area contributed by atoms with Crippen LogP contribution < -0.4 is 5.32 Å². The smallest absolute Gasteiger partial charge is 0.340 e. The van der Waals surface area contributed by atoms with Crippen LogP contribution in [0.2, 0.25) is 0 Å². The van der Waals surface area contributed by atoms with Gasteiger partial charge in [-0.15, -0.1) is 10.2 Å². The van der Waals surface area contributed by atoms with Crippen LogP contribution in [-0.4, -0.2) is 50.4 Å². The number of aromatic nitrogens is 8. The molecule has 0 aliphatic heterocycles. The summed E-state index contributed by atoms with van der Waals surface area (Å²) in [5, 5.41) is 27.1. The van der Waals surface area contributed by atoms with Crippen LogP contribution >= 0.6 is 0 Å². The van der Waals surface area contributed by atoms with E-state index in [-0.39, 0.29) is 5.56 Å². The Morgan fingerprint density at radius 2 is 1.77 bits per heavy atom. The Balaban J connectivity index is 1.12. The van der Waals surface area contributed by atoms with Crippen molar-refractivity contribution in [3.05, 3.63) is 66.1 Å². The number of rotatable bonds is 7. The predicted molar refractivity (Wildman–Crippen MR) is 160 cm³/mol. The second-order valence-corrected chi connectivity index (χ2v) is 12.9. The highest BCUT2D eigenvalue weighted by Gasteiger charge is 2.51. The molecule has 4 aliphatic carbocycles. The first kappa shape index (κ1) is 26.0. The minimum atomic E-state index is -1.03. The molecule has 0 spiro atoms. The third-order valence-electron chi connectivity index (χ3n) is 9.99. The molecule has 218 valence electrons. The van der Waals surface area contributed by atoms with Crippen LogP contribution in [0.15, 0.2) is 49.3 Å². The van der Waals surface area contributed by atoms with Gasteiger partial charge in [-0.25, -0.2) is 14.8 Å². The fourth-order valence-corrected chi connectivity index (χ4v) is 8.56. The average Bonchev–Trinajstić information content (AvgIpc) is 3.56. The third-order valence-corrected chi connectivity index (χ3v) is 9.99. The zero-order chi connectivity index (χ0) is 29.3. The van der Waals surface area contributed by atoms with Crippen LogP contribution in [-0.2, 0) is 6.54 Å². The molecular weight excluding hydrogens is 542 g/mol. The van der Waals surface area contributed by atoms with Gasteiger partial charge in [0.15, 0.2) is 11.5 Å². The van der Waals surface area contributed by atoms with E-state index in [0.29, 0.717) is 39.6 Å². The van der Waals surface area contributed by atoms with E-state index in [1.807, 2.05) is 31.5 Å². The monoisotopic (exact) mass is 575 g/mol. The maximum Gasteiger partial charge on any atom is 0.340 e. The molecule has 0 aromatic carbocycles. The van der Waals surface area contributed by atoms with Crippen LogP contribution in [0.4, 0.5) is 11.6 Å². The molecule has 5 aromatic rings. The lowest BCUT2D eigenvalue weighted by atomic mass is 9.49. The lowest BCUT2D eigenvalue weighted by molar-refractivity contribution is -0.0638. The Labute approximate surface area is 248 Å². The van der Waals surface area contributed by atoms with Gasteiger partial charge in [-0.3, -0.25) is 14.1 Å². The van der Waals surface area contributed by atoms with E-state index in [2.05, 4.69) is 42.1 Å². The van der Waals surface area contributed by atoms with Crippen molar-refractivity contribution in [2.75, 3.05) is 5.32 Å². The number of carbonyl (C=O) groups is 1. The van der Waals surface area contributed by atoms with Gasteiger partial charge >= 0.3 is 5.97 Å². The molecule has 11 heteroatoms. The molecule has 9 rings (SSSR count). The first-order valence-corrected chi connectivity index (χ1v) is 15.0. The molecule has 4 saturated carbocycles. The summed E-state index contributed by atoms with van der Waals surface area (Å²) in [6, 6.07) is 3.74. The lowest BCUT2D eigenvalue weighted by Crippen LogP contribution is -2.48. The van der Waals surface area contributed by atoms with E-state index in [1.165, 1.54) is 38.5 Å². The van der Waals surface area contributed by atoms with E-state index >= 15 is 0 Å². The molecular formula is C32H33N9O2. The third kappa shape index (κ3) is 4.36. The van der Waals surface area contributed by atoms with Crippen molar-refractivity contribution in [2.24, 2.45) is 23.2 Å². The number of anilines is 2. The van der Waals surface area contributed by atoms with Gasteiger partial charge in [0.1, 0.15) is 17.1 Å². The number of fused-ring (bicyclic) bond motifs is 1. The zero-order valence-corrected chi connectivity index (χ0v) is 24.2. The molecule has 4 bridgehead atoms. The van der Waals surface area contributed by atoms with Crippen molar-refractivity contribution in [2.45, 2.75) is 58.9 Å². The molecule has 0 atom stereocenters. The molecule has 4 aliphatic rings. The molecule has 5 aromatic heterocycles. The second-order valence-electron chi connectivity index (χ2n) is 12.9. The predicted octanol–water partition coefficient (Wildman–Crippen LogP) is 5.72. The summed E-state index contributed by atoms with van der Waals surface area (Å²) in [6.07, 6.45) is 18.3. The number of nitrogens with one attached hydrogen (secondary N) is 1. The van der Waals surface area contributed by atoms with Crippen LogP contribution in [0.3, 0.4) is 0 Å². The molecule has 43 heavy (non-hydrogen) atoms. The number of nitrogens with zero attached hydrogens (tertiary/aromatic N) is 8. The summed E-state index contributed by atoms with van der Waals surface area (Å²) < 4.78 is 3.89. The van der Waals surface area contributed by atoms with Gasteiger partial charge < -0.3 is 10.4 Å². The fourth-order valence-electron chi connectivity index (χ4n) is 8.56. The molecule has 4 fully saturated rings. The van der Waals surface area contributed by atoms with Gasteiger partial charge in [-0.1, -0.05) is 0 Å². The summed E-state index contributed by atoms with van der Waals surface area (Å²) in [5.41, 5.74) is 5.38. The summed E-state index contributed by atoms with van der Waals surface area (Å²) in [6.45, 7) is 4.90. The first-order valence-electron chi connectivity index (χ1n) is 15.0. The first-order chi connectivity index (χ1) is 20.9. The normalized spacial score (nSPS) is 24.1. The summed E-state index contributed by atoms with van der Waals surface area (Å²) >= 11 is 0. The number of hydrogen-bond acceptors (Lipinski definition) is 8. The van der Waals surface area contributed by atoms with Gasteiger partial charge in [-0.2, -0.15) is 5.10 Å². The number of aryl methyl sites for hydroxylation is 1. The van der Waals surface area contributed by atoms with E-state index in [0.717, 1.165) is 41.1 Å². The fraction of sp³-hybridized carbons (Fsp3) is 0.406. The number of imidazole rings is 1. The number of hydrogen-bond donors (Lipinski definition) is 2. The lowest BCUT2D eigenvalue weighted by Gasteiger charge is -2.56. The minimum Gasteiger partial charge on any atom is -0.478 e. The summed E-state index contributed by atoms with van der Waals surface area (Å²) in [5.74, 6) is 2.71. The number of pyridine rings is 1. The van der Waals surface area contributed by atoms with Gasteiger partial charge in [0.05, 0.1) is 24.3 Å². The largest absolute Gasteiger partial charge is 0.478 e. The van der Waals surface area contributed by atoms with Crippen molar-refractivity contribution in [3.8, 4) is 22.5 Å². The standard InChI is InChI=1S/C32H33N9O2/c1-18-7-25(38-39-29(18)37-27-16-33-4-5-34-27)26-15-35-30-28(31(42)43)23(3-6-40(26)30)24-14-36-41(19(24)2)17-32-11-20-8-21(12-32)10-22(9-20)13-32/h3-7,14-16,20-22H,8-13,17H2,1-2H3,(H,42,43)(H,34,37,39). The molecule has 0 amide bonds. The highest BCUT2D eigenvalue weighted by atomic mass is 16.4. The van der Waals surface area contributed by atoms with E-state index in [1.54, 1.807) is 29.2 Å². The number of aromatic carboxylic acids is 1. The summed E-state index contributed by atoms with van der Waals surface area (Å²) in [7, 11) is 0. The Morgan fingerprint density at radius 1 is 1.00 bits per heavy atom. The van der Waals surface area contributed by atoms with Crippen LogP contribution in [0.1, 0.15) is 60.1 Å². The molecule has 2 N–H and O–H groups in total. The number of carboxylic acid groups (broad SMARTS) is 1. The topological polar surface area (TPSA) is 136 Å². The molecule has 0 unspecified atom stereocenters. The Kier molecular flexibility index (Phi) is 5.85. The van der Waals surface area contributed by atoms with Crippen molar-refractivity contribution < 1.29 is 9.90 Å². The van der Waals surface area contributed by atoms with Crippen molar-refractivity contribution in [1.29, 1.82) is 0 Å². The molecule has 0 radical (unpaired) electrons. The Bertz CT molecular complexity index is 1840. The van der Waals surface area contributed by atoms with Crippen molar-refractivity contribution in [1.82, 2.24) is 39.3 Å². The molecule has 11 nitrogen and oxygen atoms in total. The van der Waals surface area contributed by atoms with Crippen LogP contribution in [0.5, 0.6) is 0 Å². The highest BCUT2D eigenvalue weighted by molar-refractivity contribution is 6.02. The highest BCUT2D eigenvalue weighted by Crippen LogP contribution is 2.60. The van der Waals surface area contributed by atoms with Gasteiger partial charge in [0.25, 0.3) is 0 Å². The van der Waals surface area contributed by atoms with Gasteiger partial charge in [0.2, 0.25) is 0 Å². The van der Waals surface area contributed by atoms with Gasteiger partial charge in [-0.05, 0) is 93.2 Å². The van der Waals surface area contributed by atoms with E-state index in [4.69, 9.17) is 5.10 Å². The van der Waals surface area contributed by atoms with Crippen molar-refractivity contribution >= 4 is 23.3 Å². The molecule has 0 saturated heterocycles. The average molecular weight is 576 g/mol. The Hall–Kier alpha value is -4.67. The quantitative estimate of drug-likeness (QED) is 0.250. The Morgan fingerprint density at radius 3 is 2.44 bits per heavy atom. The van der Waals surface area contributed by atoms with Crippen LogP contribution in [0.25, 0.3) is 28.2 Å². The number of carboxylic acids is 1. The molecule has 5 heterocycles. The SMILES string of the molecule is Cc1cc(-c2cnc3c(C(=O)O)c(-c4cnn(CC56CC7CC(CC(C7)C5)C6)c4C)ccn23)nnc1Nc1cnccn1. The zero-order valence-electron chi connectivity index (χ0n) is 24.2. The van der Waals surface area contributed by atoms with E-state index < -0.39 is 5.97 Å². The van der Waals surface area contributed by atoms with Crippen LogP contribution in [0, 0.1) is 37.0 Å². The van der Waals surface area contributed by atoms with Gasteiger partial charge in [0, 0.05) is 42.0 Å². The van der Waals surface area contributed by atoms with E-state index in [9.17, 15) is 9.90 Å². The second kappa shape index (κ2) is 9.68. The summed E-state index contributed by atoms with van der Waals surface area (Å²) in [4.78, 5) is 25.6. The van der Waals surface area contributed by atoms with Crippen molar-refractivity contribution in [3.63, 3.8) is 0 Å². The maximum atomic E-state index is 12.7.